The number of nitrogens with one attached hydrogen (secondary N) is 1. The van der Waals surface area contributed by atoms with Crippen LogP contribution in [0.2, 0.25) is 0 Å². The minimum atomic E-state index is -4.07. The van der Waals surface area contributed by atoms with Crippen molar-refractivity contribution in [3.8, 4) is 11.5 Å². The van der Waals surface area contributed by atoms with Crippen LogP contribution in [0.15, 0.2) is 71.6 Å². The predicted octanol–water partition coefficient (Wildman–Crippen LogP) is 4.15. The zero-order valence-corrected chi connectivity index (χ0v) is 19.3. The lowest BCUT2D eigenvalue weighted by Gasteiger charge is -2.26. The fraction of sp³-hybridized carbons (Fsp3) is 0.208. The molecule has 0 radical (unpaired) electrons. The standard InChI is InChI=1S/C24H26N2O5S/c1-17-8-11-21(12-9-17)32(28,29)26(22-13-10-20(30-3)15-23(22)31-4)16-24(27)25-19-7-5-6-18(2)14-19/h5-15H,16H2,1-4H3,(H,25,27). The minimum Gasteiger partial charge on any atom is -0.497 e. The number of amides is 1. The normalized spacial score (nSPS) is 11.0. The van der Waals surface area contributed by atoms with Crippen molar-refractivity contribution in [3.63, 3.8) is 0 Å². The van der Waals surface area contributed by atoms with Crippen molar-refractivity contribution in [1.82, 2.24) is 0 Å². The zero-order valence-electron chi connectivity index (χ0n) is 18.5. The molecule has 0 bridgehead atoms. The van der Waals surface area contributed by atoms with Crippen LogP contribution in [0.3, 0.4) is 0 Å². The molecule has 32 heavy (non-hydrogen) atoms. The van der Waals surface area contributed by atoms with Crippen LogP contribution in [0.5, 0.6) is 11.5 Å². The van der Waals surface area contributed by atoms with Gasteiger partial charge in [0.2, 0.25) is 5.91 Å². The van der Waals surface area contributed by atoms with E-state index >= 15 is 0 Å². The van der Waals surface area contributed by atoms with Crippen LogP contribution in [0, 0.1) is 13.8 Å². The number of nitrogens with zero attached hydrogens (tertiary/aromatic N) is 1. The molecule has 1 N–H and O–H groups in total. The number of methoxy groups -OCH3 is 2. The van der Waals surface area contributed by atoms with E-state index in [1.54, 1.807) is 36.4 Å². The molecule has 1 amide bonds. The van der Waals surface area contributed by atoms with Crippen LogP contribution in [0.1, 0.15) is 11.1 Å². The van der Waals surface area contributed by atoms with Gasteiger partial charge < -0.3 is 14.8 Å². The van der Waals surface area contributed by atoms with Crippen LogP contribution in [-0.4, -0.2) is 35.1 Å². The summed E-state index contributed by atoms with van der Waals surface area (Å²) in [6, 6.07) is 18.5. The van der Waals surface area contributed by atoms with Gasteiger partial charge >= 0.3 is 0 Å². The molecule has 0 saturated heterocycles. The van der Waals surface area contributed by atoms with Gasteiger partial charge in [0, 0.05) is 11.8 Å². The summed E-state index contributed by atoms with van der Waals surface area (Å²) in [5.74, 6) is 0.287. The van der Waals surface area contributed by atoms with Crippen LogP contribution in [-0.2, 0) is 14.8 Å². The monoisotopic (exact) mass is 454 g/mol. The molecular formula is C24H26N2O5S. The van der Waals surface area contributed by atoms with Crippen molar-refractivity contribution in [1.29, 1.82) is 0 Å². The Morgan fingerprint density at radius 1 is 0.906 bits per heavy atom. The quantitative estimate of drug-likeness (QED) is 0.553. The summed E-state index contributed by atoms with van der Waals surface area (Å²) in [6.07, 6.45) is 0. The maximum atomic E-state index is 13.6. The topological polar surface area (TPSA) is 84.9 Å². The second kappa shape index (κ2) is 9.74. The van der Waals surface area contributed by atoms with E-state index < -0.39 is 22.5 Å². The van der Waals surface area contributed by atoms with Gasteiger partial charge in [-0.25, -0.2) is 8.42 Å². The summed E-state index contributed by atoms with van der Waals surface area (Å²) < 4.78 is 38.8. The zero-order chi connectivity index (χ0) is 23.3. The molecule has 0 spiro atoms. The first kappa shape index (κ1) is 23.1. The second-order valence-electron chi connectivity index (χ2n) is 7.28. The fourth-order valence-corrected chi connectivity index (χ4v) is 4.61. The molecule has 0 fully saturated rings. The van der Waals surface area contributed by atoms with E-state index in [1.165, 1.54) is 26.4 Å². The third-order valence-corrected chi connectivity index (χ3v) is 6.63. The summed E-state index contributed by atoms with van der Waals surface area (Å²) in [4.78, 5) is 13.0. The Labute approximate surface area is 188 Å². The number of anilines is 2. The van der Waals surface area contributed by atoms with Gasteiger partial charge in [-0.1, -0.05) is 29.8 Å². The predicted molar refractivity (Wildman–Crippen MR) is 125 cm³/mol. The molecule has 0 unspecified atom stereocenters. The average molecular weight is 455 g/mol. The second-order valence-corrected chi connectivity index (χ2v) is 9.14. The van der Waals surface area contributed by atoms with Crippen molar-refractivity contribution in [3.05, 3.63) is 77.9 Å². The number of sulfonamides is 1. The Morgan fingerprint density at radius 3 is 2.25 bits per heavy atom. The van der Waals surface area contributed by atoms with E-state index in [9.17, 15) is 13.2 Å². The molecule has 0 heterocycles. The highest BCUT2D eigenvalue weighted by atomic mass is 32.2. The number of hydrogen-bond donors (Lipinski definition) is 1. The van der Waals surface area contributed by atoms with Crippen molar-refractivity contribution < 1.29 is 22.7 Å². The minimum absolute atomic E-state index is 0.0735. The van der Waals surface area contributed by atoms with Gasteiger partial charge in [0.15, 0.2) is 0 Å². The Hall–Kier alpha value is -3.52. The van der Waals surface area contributed by atoms with Crippen LogP contribution < -0.4 is 19.1 Å². The molecule has 3 rings (SSSR count). The van der Waals surface area contributed by atoms with Crippen LogP contribution in [0.25, 0.3) is 0 Å². The molecule has 168 valence electrons. The Morgan fingerprint density at radius 2 is 1.62 bits per heavy atom. The van der Waals surface area contributed by atoms with E-state index in [-0.39, 0.29) is 16.3 Å². The number of hydrogen-bond acceptors (Lipinski definition) is 5. The fourth-order valence-electron chi connectivity index (χ4n) is 3.18. The highest BCUT2D eigenvalue weighted by molar-refractivity contribution is 7.92. The highest BCUT2D eigenvalue weighted by Gasteiger charge is 2.29. The number of carbonyl (C=O) groups is 1. The first-order valence-electron chi connectivity index (χ1n) is 9.92. The summed E-state index contributed by atoms with van der Waals surface area (Å²) in [5, 5.41) is 2.77. The molecule has 0 aromatic heterocycles. The lowest BCUT2D eigenvalue weighted by Crippen LogP contribution is -2.38. The van der Waals surface area contributed by atoms with Gasteiger partial charge in [0.05, 0.1) is 24.8 Å². The maximum absolute atomic E-state index is 13.6. The number of carbonyl (C=O) groups excluding carboxylic acids is 1. The molecule has 0 aliphatic carbocycles. The van der Waals surface area contributed by atoms with E-state index in [4.69, 9.17) is 9.47 Å². The number of aryl methyl sites for hydroxylation is 2. The first-order valence-corrected chi connectivity index (χ1v) is 11.4. The lowest BCUT2D eigenvalue weighted by atomic mass is 10.2. The van der Waals surface area contributed by atoms with E-state index in [2.05, 4.69) is 5.32 Å². The van der Waals surface area contributed by atoms with Crippen LogP contribution >= 0.6 is 0 Å². The van der Waals surface area contributed by atoms with E-state index in [0.29, 0.717) is 11.4 Å². The Balaban J connectivity index is 2.03. The number of benzene rings is 3. The van der Waals surface area contributed by atoms with Crippen molar-refractivity contribution in [2.45, 2.75) is 18.7 Å². The van der Waals surface area contributed by atoms with E-state index in [0.717, 1.165) is 15.4 Å². The summed E-state index contributed by atoms with van der Waals surface area (Å²) in [7, 11) is -1.13. The summed E-state index contributed by atoms with van der Waals surface area (Å²) in [5.41, 5.74) is 2.72. The smallest absolute Gasteiger partial charge is 0.264 e. The molecule has 0 saturated carbocycles. The molecule has 3 aromatic rings. The SMILES string of the molecule is COc1ccc(N(CC(=O)Nc2cccc(C)c2)S(=O)(=O)c2ccc(C)cc2)c(OC)c1. The lowest BCUT2D eigenvalue weighted by molar-refractivity contribution is -0.114. The molecule has 0 aliphatic heterocycles. The van der Waals surface area contributed by atoms with Crippen molar-refractivity contribution in [2.75, 3.05) is 30.4 Å². The first-order chi connectivity index (χ1) is 15.2. The average Bonchev–Trinajstić information content (AvgIpc) is 2.77. The highest BCUT2D eigenvalue weighted by Crippen LogP contribution is 2.35. The summed E-state index contributed by atoms with van der Waals surface area (Å²) >= 11 is 0. The van der Waals surface area contributed by atoms with Gasteiger partial charge in [0.1, 0.15) is 18.0 Å². The van der Waals surface area contributed by atoms with Gasteiger partial charge in [-0.15, -0.1) is 0 Å². The Kier molecular flexibility index (Phi) is 7.05. The number of rotatable bonds is 8. The molecule has 3 aromatic carbocycles. The van der Waals surface area contributed by atoms with E-state index in [1.807, 2.05) is 32.0 Å². The van der Waals surface area contributed by atoms with Gasteiger partial charge in [-0.3, -0.25) is 9.10 Å². The third kappa shape index (κ3) is 5.20. The molecule has 0 atom stereocenters. The van der Waals surface area contributed by atoms with Gasteiger partial charge in [-0.2, -0.15) is 0 Å². The Bertz CT molecular complexity index is 1210. The third-order valence-electron chi connectivity index (χ3n) is 4.85. The molecular weight excluding hydrogens is 428 g/mol. The number of ether oxygens (including phenoxy) is 2. The largest absolute Gasteiger partial charge is 0.497 e. The molecule has 7 nitrogen and oxygen atoms in total. The van der Waals surface area contributed by atoms with Crippen LogP contribution in [0.4, 0.5) is 11.4 Å². The maximum Gasteiger partial charge on any atom is 0.264 e. The molecule has 0 aliphatic rings. The van der Waals surface area contributed by atoms with Crippen molar-refractivity contribution in [2.24, 2.45) is 0 Å². The van der Waals surface area contributed by atoms with Gasteiger partial charge in [0.25, 0.3) is 10.0 Å². The van der Waals surface area contributed by atoms with Crippen molar-refractivity contribution >= 4 is 27.3 Å². The molecule has 8 heteroatoms. The summed E-state index contributed by atoms with van der Waals surface area (Å²) in [6.45, 7) is 3.34. The van der Waals surface area contributed by atoms with Gasteiger partial charge in [-0.05, 0) is 55.8 Å².